The molecule has 0 atom stereocenters. The molecule has 0 aliphatic carbocycles. The highest BCUT2D eigenvalue weighted by atomic mass is 16.2. The summed E-state index contributed by atoms with van der Waals surface area (Å²) in [7, 11) is 0. The topological polar surface area (TPSA) is 86.9 Å². The molecule has 0 radical (unpaired) electrons. The maximum absolute atomic E-state index is 12.5. The quantitative estimate of drug-likeness (QED) is 0.668. The highest BCUT2D eigenvalue weighted by Crippen LogP contribution is 2.19. The molecule has 3 rings (SSSR count). The fourth-order valence-corrected chi connectivity index (χ4v) is 2.51. The number of aryl methyl sites for hydroxylation is 1. The van der Waals surface area contributed by atoms with Crippen molar-refractivity contribution in [3.63, 3.8) is 0 Å². The largest absolute Gasteiger partial charge is 0.352 e. The predicted octanol–water partition coefficient (Wildman–Crippen LogP) is 3.26. The van der Waals surface area contributed by atoms with Crippen LogP contribution in [0.15, 0.2) is 42.7 Å². The Balaban J connectivity index is 1.81. The third-order valence-electron chi connectivity index (χ3n) is 3.97. The van der Waals surface area contributed by atoms with E-state index in [9.17, 15) is 9.59 Å². The summed E-state index contributed by atoms with van der Waals surface area (Å²) in [6.45, 7) is 4.51. The van der Waals surface area contributed by atoms with Gasteiger partial charge in [0, 0.05) is 23.4 Å². The number of carbonyl (C=O) groups is 2. The second kappa shape index (κ2) is 7.17. The summed E-state index contributed by atoms with van der Waals surface area (Å²) < 4.78 is 0. The number of aromatic amines is 1. The molecule has 0 unspecified atom stereocenters. The molecule has 25 heavy (non-hydrogen) atoms. The van der Waals surface area contributed by atoms with E-state index >= 15 is 0 Å². The van der Waals surface area contributed by atoms with Crippen molar-refractivity contribution in [3.05, 3.63) is 59.4 Å². The van der Waals surface area contributed by atoms with Gasteiger partial charge in [-0.25, -0.2) is 4.98 Å². The highest BCUT2D eigenvalue weighted by Gasteiger charge is 2.12. The van der Waals surface area contributed by atoms with Gasteiger partial charge in [0.1, 0.15) is 0 Å². The summed E-state index contributed by atoms with van der Waals surface area (Å²) in [5, 5.41) is 5.72. The molecule has 0 fully saturated rings. The first kappa shape index (κ1) is 16.7. The van der Waals surface area contributed by atoms with Crippen LogP contribution in [0.3, 0.4) is 0 Å². The smallest absolute Gasteiger partial charge is 0.255 e. The zero-order valence-electron chi connectivity index (χ0n) is 14.2. The lowest BCUT2D eigenvalue weighted by atomic mass is 10.1. The second-order valence-corrected chi connectivity index (χ2v) is 5.87. The molecule has 2 aromatic carbocycles. The van der Waals surface area contributed by atoms with Crippen LogP contribution in [0.2, 0.25) is 0 Å². The van der Waals surface area contributed by atoms with Crippen LogP contribution in [0.4, 0.5) is 5.69 Å². The van der Waals surface area contributed by atoms with E-state index in [2.05, 4.69) is 20.6 Å². The number of nitrogens with one attached hydrogen (secondary N) is 3. The first-order valence-corrected chi connectivity index (χ1v) is 8.22. The Morgan fingerprint density at radius 3 is 2.64 bits per heavy atom. The van der Waals surface area contributed by atoms with Gasteiger partial charge in [0.15, 0.2) is 0 Å². The third-order valence-corrected chi connectivity index (χ3v) is 3.97. The van der Waals surface area contributed by atoms with Crippen LogP contribution in [0.5, 0.6) is 0 Å². The summed E-state index contributed by atoms with van der Waals surface area (Å²) in [6, 6.07) is 10.6. The summed E-state index contributed by atoms with van der Waals surface area (Å²) >= 11 is 0. The van der Waals surface area contributed by atoms with Gasteiger partial charge in [-0.15, -0.1) is 0 Å². The molecule has 3 N–H and O–H groups in total. The summed E-state index contributed by atoms with van der Waals surface area (Å²) in [4.78, 5) is 31.8. The fraction of sp³-hybridized carbons (Fsp3) is 0.211. The van der Waals surface area contributed by atoms with Crippen molar-refractivity contribution in [1.82, 2.24) is 15.3 Å². The number of hydrogen-bond acceptors (Lipinski definition) is 3. The van der Waals surface area contributed by atoms with E-state index < -0.39 is 0 Å². The van der Waals surface area contributed by atoms with Crippen LogP contribution >= 0.6 is 0 Å². The molecular formula is C19H20N4O2. The number of nitrogens with zero attached hydrogens (tertiary/aromatic N) is 1. The number of hydrogen-bond donors (Lipinski definition) is 3. The van der Waals surface area contributed by atoms with Crippen molar-refractivity contribution in [2.24, 2.45) is 0 Å². The zero-order chi connectivity index (χ0) is 17.8. The number of carbonyl (C=O) groups excluding carboxylic acids is 2. The summed E-state index contributed by atoms with van der Waals surface area (Å²) in [6.07, 6.45) is 2.46. The van der Waals surface area contributed by atoms with Gasteiger partial charge in [0.05, 0.1) is 17.4 Å². The molecule has 0 bridgehead atoms. The van der Waals surface area contributed by atoms with E-state index in [-0.39, 0.29) is 11.8 Å². The number of anilines is 1. The lowest BCUT2D eigenvalue weighted by molar-refractivity contribution is 0.0952. The normalized spacial score (nSPS) is 10.6. The number of fused-ring (bicyclic) bond motifs is 1. The molecule has 1 aromatic heterocycles. The Morgan fingerprint density at radius 1 is 1.08 bits per heavy atom. The van der Waals surface area contributed by atoms with Gasteiger partial charge in [-0.3, -0.25) is 9.59 Å². The van der Waals surface area contributed by atoms with Crippen LogP contribution in [-0.4, -0.2) is 28.3 Å². The number of rotatable bonds is 5. The van der Waals surface area contributed by atoms with Crippen molar-refractivity contribution in [3.8, 4) is 0 Å². The van der Waals surface area contributed by atoms with E-state index in [0.717, 1.165) is 23.0 Å². The van der Waals surface area contributed by atoms with E-state index in [4.69, 9.17) is 0 Å². The van der Waals surface area contributed by atoms with E-state index in [1.165, 1.54) is 0 Å². The van der Waals surface area contributed by atoms with Crippen LogP contribution < -0.4 is 10.6 Å². The van der Waals surface area contributed by atoms with Gasteiger partial charge in [-0.05, 0) is 49.2 Å². The van der Waals surface area contributed by atoms with Crippen LogP contribution in [-0.2, 0) is 0 Å². The van der Waals surface area contributed by atoms with Gasteiger partial charge in [0.25, 0.3) is 11.8 Å². The minimum absolute atomic E-state index is 0.142. The molecule has 3 aromatic rings. The first-order valence-electron chi connectivity index (χ1n) is 8.22. The number of aromatic nitrogens is 2. The Hall–Kier alpha value is -3.15. The number of amides is 2. The monoisotopic (exact) mass is 336 g/mol. The van der Waals surface area contributed by atoms with Crippen molar-refractivity contribution in [2.45, 2.75) is 20.3 Å². The maximum Gasteiger partial charge on any atom is 0.255 e. The SMILES string of the molecule is CCCNC(=O)c1ccc(C)c(NC(=O)c2ccc3nc[nH]c3c2)c1. The molecule has 0 saturated heterocycles. The van der Waals surface area contributed by atoms with Gasteiger partial charge in [-0.2, -0.15) is 0 Å². The van der Waals surface area contributed by atoms with Crippen molar-refractivity contribution >= 4 is 28.5 Å². The third kappa shape index (κ3) is 3.68. The van der Waals surface area contributed by atoms with E-state index in [0.29, 0.717) is 23.4 Å². The van der Waals surface area contributed by atoms with Gasteiger partial charge in [0.2, 0.25) is 0 Å². The van der Waals surface area contributed by atoms with Crippen molar-refractivity contribution in [1.29, 1.82) is 0 Å². The molecule has 6 nitrogen and oxygen atoms in total. The lowest BCUT2D eigenvalue weighted by Gasteiger charge is -2.11. The Kier molecular flexibility index (Phi) is 4.79. The molecule has 0 aliphatic rings. The van der Waals surface area contributed by atoms with Gasteiger partial charge in [-0.1, -0.05) is 13.0 Å². The number of imidazole rings is 1. The van der Waals surface area contributed by atoms with Crippen LogP contribution in [0.25, 0.3) is 11.0 Å². The molecule has 6 heteroatoms. The molecule has 2 amide bonds. The maximum atomic E-state index is 12.5. The summed E-state index contributed by atoms with van der Waals surface area (Å²) in [5.41, 5.74) is 4.18. The first-order chi connectivity index (χ1) is 12.1. The van der Waals surface area contributed by atoms with Crippen molar-refractivity contribution in [2.75, 3.05) is 11.9 Å². The second-order valence-electron chi connectivity index (χ2n) is 5.87. The van der Waals surface area contributed by atoms with Crippen LogP contribution in [0.1, 0.15) is 39.6 Å². The van der Waals surface area contributed by atoms with Gasteiger partial charge >= 0.3 is 0 Å². The molecule has 0 saturated carbocycles. The summed E-state index contributed by atoms with van der Waals surface area (Å²) in [5.74, 6) is -0.373. The zero-order valence-corrected chi connectivity index (χ0v) is 14.2. The molecular weight excluding hydrogens is 316 g/mol. The fourth-order valence-electron chi connectivity index (χ4n) is 2.51. The predicted molar refractivity (Wildman–Crippen MR) is 97.9 cm³/mol. The minimum Gasteiger partial charge on any atom is -0.352 e. The average Bonchev–Trinajstić information content (AvgIpc) is 3.09. The number of H-pyrrole nitrogens is 1. The molecule has 1 heterocycles. The van der Waals surface area contributed by atoms with E-state index in [1.807, 2.05) is 19.9 Å². The van der Waals surface area contributed by atoms with E-state index in [1.54, 1.807) is 36.7 Å². The highest BCUT2D eigenvalue weighted by molar-refractivity contribution is 6.07. The van der Waals surface area contributed by atoms with Crippen molar-refractivity contribution < 1.29 is 9.59 Å². The molecule has 0 spiro atoms. The van der Waals surface area contributed by atoms with Gasteiger partial charge < -0.3 is 15.6 Å². The Labute approximate surface area is 145 Å². The minimum atomic E-state index is -0.231. The standard InChI is InChI=1S/C19H20N4O2/c1-3-8-20-18(24)13-5-4-12(2)16(9-13)23-19(25)14-6-7-15-17(10-14)22-11-21-15/h4-7,9-11H,3,8H2,1-2H3,(H,20,24)(H,21,22)(H,23,25). The Bertz CT molecular complexity index is 930. The molecule has 128 valence electrons. The van der Waals surface area contributed by atoms with Crippen LogP contribution in [0, 0.1) is 6.92 Å². The average molecular weight is 336 g/mol. The molecule has 0 aliphatic heterocycles. The Morgan fingerprint density at radius 2 is 1.84 bits per heavy atom. The number of benzene rings is 2. The lowest BCUT2D eigenvalue weighted by Crippen LogP contribution is -2.24.